The second-order valence-corrected chi connectivity index (χ2v) is 13.3. The van der Waals surface area contributed by atoms with Crippen LogP contribution in [-0.2, 0) is 22.4 Å². The van der Waals surface area contributed by atoms with Crippen molar-refractivity contribution in [2.45, 2.75) is 116 Å². The summed E-state index contributed by atoms with van der Waals surface area (Å²) in [5.74, 6) is 1.72. The molecule has 4 aromatic rings. The number of hydrogen-bond acceptors (Lipinski definition) is 9. The number of amidine groups is 1. The average molecular weight is 682 g/mol. The van der Waals surface area contributed by atoms with E-state index in [1.165, 1.54) is 0 Å². The number of aryl methyl sites for hydroxylation is 2. The Hall–Kier alpha value is -2.26. The van der Waals surface area contributed by atoms with E-state index in [0.29, 0.717) is 23.9 Å². The van der Waals surface area contributed by atoms with E-state index in [1.807, 2.05) is 47.2 Å². The fraction of sp³-hybridized carbons (Fsp3) is 0.500. The van der Waals surface area contributed by atoms with Crippen LogP contribution in [0.15, 0.2) is 58.3 Å². The Kier molecular flexibility index (Phi) is 12.1. The summed E-state index contributed by atoms with van der Waals surface area (Å²) >= 11 is 0. The summed E-state index contributed by atoms with van der Waals surface area (Å²) in [6.07, 6.45) is 4.59. The Bertz CT molecular complexity index is 1800. The van der Waals surface area contributed by atoms with Crippen LogP contribution in [-0.4, -0.2) is 59.4 Å². The van der Waals surface area contributed by atoms with Gasteiger partial charge in [0.15, 0.2) is 5.84 Å². The monoisotopic (exact) mass is 681 g/mol. The standard InChI is InChI=1S/C36H46N6O5.K/c1-6-10-30-29(21-23-13-15-24(16-14-23)27-11-8-9-12-28(27)32-38-35(44)47-40-32)33(43)41(34-37-22(3)39-42(30)34)25-17-19-26(20-18-25)46-31(7-2)36(4,5)45;/h8-9,11-16,25-26,31,35,44-45H,6-7,10,17-21H2,1-5H3,(H,38,40);/q;+1. The van der Waals surface area contributed by atoms with E-state index in [2.05, 4.69) is 41.7 Å². The molecule has 0 amide bonds. The minimum Gasteiger partial charge on any atom is -0.388 e. The largest absolute Gasteiger partial charge is 1.00 e. The second-order valence-electron chi connectivity index (χ2n) is 13.3. The molecule has 2 unspecified atom stereocenters. The second kappa shape index (κ2) is 15.7. The molecule has 48 heavy (non-hydrogen) atoms. The number of benzene rings is 2. The molecule has 6 rings (SSSR count). The number of ether oxygens (including phenoxy) is 1. The van der Waals surface area contributed by atoms with E-state index in [1.54, 1.807) is 13.8 Å². The molecule has 1 aliphatic carbocycles. The molecule has 11 nitrogen and oxygen atoms in total. The molecule has 0 spiro atoms. The maximum atomic E-state index is 14.5. The number of aliphatic hydroxyl groups excluding tert-OH is 1. The molecule has 2 aliphatic rings. The molecular weight excluding hydrogens is 636 g/mol. The third-order valence-electron chi connectivity index (χ3n) is 9.33. The number of aliphatic hydroxyl groups is 2. The van der Waals surface area contributed by atoms with Gasteiger partial charge in [-0.25, -0.2) is 19.8 Å². The first kappa shape index (κ1) is 37.0. The molecule has 1 fully saturated rings. The number of aliphatic imine (C=N–C) groups is 1. The van der Waals surface area contributed by atoms with Gasteiger partial charge >= 0.3 is 51.4 Å². The number of nitrogens with zero attached hydrogens (tertiary/aromatic N) is 5. The molecule has 0 radical (unpaired) electrons. The molecule has 0 saturated heterocycles. The Balaban J connectivity index is 0.00000451. The Morgan fingerprint density at radius 3 is 2.35 bits per heavy atom. The predicted octanol–water partition coefficient (Wildman–Crippen LogP) is 2.02. The smallest absolute Gasteiger partial charge is 0.388 e. The molecule has 1 saturated carbocycles. The summed E-state index contributed by atoms with van der Waals surface area (Å²) in [6.45, 7) is 9.62. The SMILES string of the molecule is CCCc1c(Cc2ccc(-c3ccccc3C3=NC(O)ON3)cc2)c(=O)n(C2CCC(OC(CC)C(C)(C)O)CC2)c2nc(C)nn12.[K+]. The zero-order valence-electron chi connectivity index (χ0n) is 28.9. The zero-order chi connectivity index (χ0) is 33.3. The van der Waals surface area contributed by atoms with Crippen molar-refractivity contribution in [1.29, 1.82) is 0 Å². The first-order chi connectivity index (χ1) is 22.6. The summed E-state index contributed by atoms with van der Waals surface area (Å²) in [5, 5.41) is 25.0. The fourth-order valence-corrected chi connectivity index (χ4v) is 7.01. The first-order valence-corrected chi connectivity index (χ1v) is 16.8. The summed E-state index contributed by atoms with van der Waals surface area (Å²) in [6, 6.07) is 16.0. The molecule has 0 bridgehead atoms. The van der Waals surface area contributed by atoms with E-state index in [4.69, 9.17) is 19.7 Å². The van der Waals surface area contributed by atoms with Gasteiger partial charge in [-0.3, -0.25) is 9.36 Å². The summed E-state index contributed by atoms with van der Waals surface area (Å²) in [5.41, 5.74) is 7.23. The summed E-state index contributed by atoms with van der Waals surface area (Å²) in [4.78, 5) is 28.4. The molecule has 2 aromatic carbocycles. The molecule has 3 heterocycles. The van der Waals surface area contributed by atoms with Crippen LogP contribution in [0.5, 0.6) is 0 Å². The molecule has 3 N–H and O–H groups in total. The van der Waals surface area contributed by atoms with E-state index >= 15 is 0 Å². The van der Waals surface area contributed by atoms with Crippen LogP contribution in [0, 0.1) is 6.92 Å². The average Bonchev–Trinajstić information content (AvgIpc) is 3.67. The van der Waals surface area contributed by atoms with Crippen molar-refractivity contribution in [3.8, 4) is 11.1 Å². The van der Waals surface area contributed by atoms with Crippen LogP contribution in [0.2, 0.25) is 0 Å². The van der Waals surface area contributed by atoms with Crippen LogP contribution in [0.1, 0.15) is 100 Å². The zero-order valence-corrected chi connectivity index (χ0v) is 32.1. The van der Waals surface area contributed by atoms with Crippen molar-refractivity contribution in [3.05, 3.63) is 87.1 Å². The molecule has 1 aliphatic heterocycles. The van der Waals surface area contributed by atoms with Crippen LogP contribution in [0.3, 0.4) is 0 Å². The summed E-state index contributed by atoms with van der Waals surface area (Å²) < 4.78 is 10.1. The Morgan fingerprint density at radius 2 is 1.75 bits per heavy atom. The van der Waals surface area contributed by atoms with Gasteiger partial charge in [-0.15, -0.1) is 0 Å². The quantitative estimate of drug-likeness (QED) is 0.205. The van der Waals surface area contributed by atoms with Crippen molar-refractivity contribution in [2.24, 2.45) is 4.99 Å². The normalized spacial score (nSPS) is 20.3. The van der Waals surface area contributed by atoms with Crippen LogP contribution in [0.25, 0.3) is 16.9 Å². The number of rotatable bonds is 11. The number of hydrogen-bond donors (Lipinski definition) is 3. The third-order valence-corrected chi connectivity index (χ3v) is 9.33. The predicted molar refractivity (Wildman–Crippen MR) is 180 cm³/mol. The number of fused-ring (bicyclic) bond motifs is 1. The van der Waals surface area contributed by atoms with E-state index in [-0.39, 0.29) is 75.2 Å². The van der Waals surface area contributed by atoms with Crippen molar-refractivity contribution < 1.29 is 71.2 Å². The van der Waals surface area contributed by atoms with Gasteiger partial charge < -0.3 is 14.9 Å². The fourth-order valence-electron chi connectivity index (χ4n) is 7.01. The molecule has 2 atom stereocenters. The van der Waals surface area contributed by atoms with Crippen molar-refractivity contribution in [1.82, 2.24) is 24.6 Å². The topological polar surface area (TPSA) is 136 Å². The van der Waals surface area contributed by atoms with Gasteiger partial charge in [0.05, 0.1) is 23.5 Å². The van der Waals surface area contributed by atoms with Crippen LogP contribution in [0.4, 0.5) is 0 Å². The van der Waals surface area contributed by atoms with E-state index in [9.17, 15) is 15.0 Å². The van der Waals surface area contributed by atoms with Gasteiger partial charge in [-0.2, -0.15) is 10.1 Å². The third kappa shape index (κ3) is 7.87. The molecule has 250 valence electrons. The van der Waals surface area contributed by atoms with Gasteiger partial charge in [0.25, 0.3) is 12.0 Å². The minimum absolute atomic E-state index is 0. The van der Waals surface area contributed by atoms with Gasteiger partial charge in [0.1, 0.15) is 5.82 Å². The van der Waals surface area contributed by atoms with Gasteiger partial charge in [-0.05, 0) is 76.0 Å². The van der Waals surface area contributed by atoms with Crippen molar-refractivity contribution in [2.75, 3.05) is 0 Å². The maximum absolute atomic E-state index is 14.5. The van der Waals surface area contributed by atoms with Gasteiger partial charge in [0.2, 0.25) is 5.78 Å². The molecule has 12 heteroatoms. The van der Waals surface area contributed by atoms with Crippen molar-refractivity contribution >= 4 is 11.6 Å². The molecular formula is C36H46KN6O5+. The Morgan fingerprint density at radius 1 is 1.06 bits per heavy atom. The van der Waals surface area contributed by atoms with Gasteiger partial charge in [-0.1, -0.05) is 68.8 Å². The van der Waals surface area contributed by atoms with Crippen LogP contribution >= 0.6 is 0 Å². The number of nitrogens with one attached hydrogen (secondary N) is 1. The van der Waals surface area contributed by atoms with E-state index in [0.717, 1.165) is 78.5 Å². The maximum Gasteiger partial charge on any atom is 1.00 e. The van der Waals surface area contributed by atoms with Crippen LogP contribution < -0.4 is 62.4 Å². The van der Waals surface area contributed by atoms with Crippen molar-refractivity contribution in [3.63, 3.8) is 0 Å². The number of aromatic nitrogens is 4. The Labute approximate surface area is 324 Å². The first-order valence-electron chi connectivity index (χ1n) is 16.8. The summed E-state index contributed by atoms with van der Waals surface area (Å²) in [7, 11) is 0. The van der Waals surface area contributed by atoms with E-state index < -0.39 is 12.0 Å². The minimum atomic E-state index is -1.23. The van der Waals surface area contributed by atoms with Gasteiger partial charge in [0, 0.05) is 23.6 Å². The number of hydroxylamine groups is 1. The molecule has 2 aromatic heterocycles.